The van der Waals surface area contributed by atoms with E-state index in [0.29, 0.717) is 0 Å². The predicted molar refractivity (Wildman–Crippen MR) is 211 cm³/mol. The Kier molecular flexibility index (Phi) is 9.67. The van der Waals surface area contributed by atoms with Gasteiger partial charge in [-0.3, -0.25) is 0 Å². The van der Waals surface area contributed by atoms with Gasteiger partial charge in [0.15, 0.2) is 0 Å². The van der Waals surface area contributed by atoms with Crippen molar-refractivity contribution in [3.63, 3.8) is 0 Å². The number of benzene rings is 4. The number of halogens is 4. The molecule has 4 heterocycles. The third-order valence-corrected chi connectivity index (χ3v) is 30.6. The summed E-state index contributed by atoms with van der Waals surface area (Å²) in [6.07, 6.45) is 0. The molecule has 0 unspecified atom stereocenters. The van der Waals surface area contributed by atoms with E-state index >= 15 is 0 Å². The Hall–Kier alpha value is -0.580. The molecule has 4 aromatic carbocycles. The zero-order valence-corrected chi connectivity index (χ0v) is 33.8. The molecular weight excluding hydrogens is 824 g/mol. The minimum atomic E-state index is -3.38. The van der Waals surface area contributed by atoms with Crippen LogP contribution in [0.2, 0.25) is 0 Å². The van der Waals surface area contributed by atoms with Crippen molar-refractivity contribution in [3.8, 4) is 0 Å². The highest BCUT2D eigenvalue weighted by atomic mass is 35.9. The minimum absolute atomic E-state index is 0.0712. The van der Waals surface area contributed by atoms with Crippen molar-refractivity contribution in [1.82, 2.24) is 0 Å². The lowest BCUT2D eigenvalue weighted by Gasteiger charge is -2.49. The normalized spacial score (nSPS) is 28.7. The maximum absolute atomic E-state index is 7.25. The van der Waals surface area contributed by atoms with E-state index in [9.17, 15) is 0 Å². The second kappa shape index (κ2) is 13.4. The molecule has 2 spiro atoms. The van der Waals surface area contributed by atoms with Crippen LogP contribution in [0.3, 0.4) is 0 Å². The van der Waals surface area contributed by atoms with Crippen LogP contribution >= 0.6 is 86.9 Å². The molecular formula is C29H28Cl4N6O4P6. The molecule has 49 heavy (non-hydrogen) atoms. The van der Waals surface area contributed by atoms with Crippen LogP contribution in [-0.2, 0) is 18.1 Å². The molecule has 256 valence electrons. The van der Waals surface area contributed by atoms with Crippen LogP contribution in [0.15, 0.2) is 144 Å². The van der Waals surface area contributed by atoms with Crippen LogP contribution in [0, 0.1) is 5.41 Å². The third-order valence-electron chi connectivity index (χ3n) is 8.01. The van der Waals surface area contributed by atoms with E-state index in [1.54, 1.807) is 0 Å². The summed E-state index contributed by atoms with van der Waals surface area (Å²) in [5, 5.41) is 3.51. The number of fused-ring (bicyclic) bond motifs is 2. The first-order valence-corrected chi connectivity index (χ1v) is 28.4. The molecule has 4 aromatic rings. The number of hydrogen-bond donors (Lipinski definition) is 0. The molecule has 20 heteroatoms. The first kappa shape index (κ1) is 35.4. The molecule has 4 aliphatic rings. The molecule has 0 radical (unpaired) electrons. The van der Waals surface area contributed by atoms with Crippen LogP contribution in [0.4, 0.5) is 0 Å². The topological polar surface area (TPSA) is 113 Å². The largest absolute Gasteiger partial charge is 0.502 e. The SMILES string of the molecule is ClP1(Cl)=NP(c2ccccc2)(c2ccccc2)=NP2(=N1)OCC1(CO2)CO[P@@]2(Cl)=N[P+](c3ccccc3)(c3ccccc3)N=[P@](Cl)([N-]2)OC1. The van der Waals surface area contributed by atoms with E-state index in [2.05, 4.69) is 9.37 Å². The molecule has 2 atom stereocenters. The Morgan fingerprint density at radius 3 is 1.39 bits per heavy atom. The van der Waals surface area contributed by atoms with Crippen molar-refractivity contribution in [2.75, 3.05) is 26.4 Å². The molecule has 0 amide bonds. The second-order valence-corrected chi connectivity index (χ2v) is 31.1. The standard InChI is InChI=1S/C29H28Cl4N6O4P6/c30-46(31)34-44(25-13-5-1-6-14-25,26-15-7-2-8-16-26)37-49(38-46)42-23-29(24-43-49)21-40-47(32)35-45(27-17-9-3-10-18-27,28-19-11-4-12-20-28)36-48(33,39-47)41-22-29/h1-20H,21-24H2/t29?,47-,48+,49?. The highest BCUT2D eigenvalue weighted by Gasteiger charge is 2.53. The summed E-state index contributed by atoms with van der Waals surface area (Å²) < 4.78 is 51.4. The van der Waals surface area contributed by atoms with Crippen molar-refractivity contribution in [1.29, 1.82) is 0 Å². The molecule has 0 aliphatic carbocycles. The molecule has 2 bridgehead atoms. The van der Waals surface area contributed by atoms with E-state index < -0.39 is 47.3 Å². The van der Waals surface area contributed by atoms with Gasteiger partial charge in [0.1, 0.15) is 31.4 Å². The highest BCUT2D eigenvalue weighted by Crippen LogP contribution is 2.91. The first-order chi connectivity index (χ1) is 23.5. The molecule has 2 fully saturated rings. The summed E-state index contributed by atoms with van der Waals surface area (Å²) in [4.78, 5) is 4.67. The summed E-state index contributed by atoms with van der Waals surface area (Å²) in [7, 11) is -9.18. The van der Waals surface area contributed by atoms with Gasteiger partial charge >= 0.3 is 15.2 Å². The summed E-state index contributed by atoms with van der Waals surface area (Å²) in [5.41, 5.74) is -0.843. The summed E-state index contributed by atoms with van der Waals surface area (Å²) in [6.45, 7) is -6.44. The Morgan fingerprint density at radius 2 is 0.939 bits per heavy atom. The van der Waals surface area contributed by atoms with E-state index in [4.69, 9.17) is 81.1 Å². The van der Waals surface area contributed by atoms with Crippen molar-refractivity contribution in [2.24, 2.45) is 28.0 Å². The van der Waals surface area contributed by atoms with E-state index in [-0.39, 0.29) is 26.4 Å². The van der Waals surface area contributed by atoms with Crippen molar-refractivity contribution in [2.45, 2.75) is 0 Å². The second-order valence-electron chi connectivity index (χ2n) is 11.6. The maximum atomic E-state index is 7.25. The Labute approximate surface area is 305 Å². The first-order valence-electron chi connectivity index (χ1n) is 14.9. The van der Waals surface area contributed by atoms with Crippen LogP contribution in [-0.4, -0.2) is 26.4 Å². The van der Waals surface area contributed by atoms with Gasteiger partial charge in [0, 0.05) is 10.6 Å². The molecule has 8 rings (SSSR count). The van der Waals surface area contributed by atoms with Crippen molar-refractivity contribution >= 4 is 108 Å². The van der Waals surface area contributed by atoms with Gasteiger partial charge in [0.05, 0.1) is 31.8 Å². The molecule has 0 saturated carbocycles. The van der Waals surface area contributed by atoms with Crippen LogP contribution in [0.1, 0.15) is 0 Å². The molecule has 4 aliphatic heterocycles. The van der Waals surface area contributed by atoms with Crippen LogP contribution in [0.5, 0.6) is 0 Å². The van der Waals surface area contributed by atoms with Gasteiger partial charge in [-0.15, -0.1) is 0 Å². The van der Waals surface area contributed by atoms with Gasteiger partial charge in [-0.05, 0) is 46.7 Å². The quantitative estimate of drug-likeness (QED) is 0.190. The van der Waals surface area contributed by atoms with Gasteiger partial charge in [0.25, 0.3) is 5.91 Å². The number of hydrogen-bond acceptors (Lipinski definition) is 9. The number of nitrogens with zero attached hydrogens (tertiary/aromatic N) is 6. The maximum Gasteiger partial charge on any atom is 0.344 e. The zero-order chi connectivity index (χ0) is 33.9. The van der Waals surface area contributed by atoms with E-state index in [1.165, 1.54) is 0 Å². The monoisotopic (exact) mass is 850 g/mol. The Balaban J connectivity index is 1.17. The fourth-order valence-corrected chi connectivity index (χ4v) is 32.8. The smallest absolute Gasteiger partial charge is 0.344 e. The van der Waals surface area contributed by atoms with Crippen molar-refractivity contribution < 1.29 is 18.1 Å². The Bertz CT molecular complexity index is 2060. The van der Waals surface area contributed by atoms with E-state index in [0.717, 1.165) is 21.2 Å². The Morgan fingerprint density at radius 1 is 0.531 bits per heavy atom. The fraction of sp³-hybridized carbons (Fsp3) is 0.172. The van der Waals surface area contributed by atoms with Gasteiger partial charge in [-0.1, -0.05) is 129 Å². The zero-order valence-electron chi connectivity index (χ0n) is 25.4. The summed E-state index contributed by atoms with van der Waals surface area (Å²) in [6, 6.07) is 39.1. The average molecular weight is 852 g/mol. The van der Waals surface area contributed by atoms with Crippen molar-refractivity contribution in [3.05, 3.63) is 126 Å². The molecule has 2 saturated heterocycles. The summed E-state index contributed by atoms with van der Waals surface area (Å²) >= 11 is 28.3. The van der Waals surface area contributed by atoms with Crippen LogP contribution in [0.25, 0.3) is 4.86 Å². The molecule has 0 N–H and O–H groups in total. The van der Waals surface area contributed by atoms with Gasteiger partial charge in [-0.2, -0.15) is 9.03 Å². The van der Waals surface area contributed by atoms with Crippen LogP contribution < -0.4 is 21.2 Å². The summed E-state index contributed by atoms with van der Waals surface area (Å²) in [5.74, 6) is -3.29. The van der Waals surface area contributed by atoms with Gasteiger partial charge < -0.3 is 23.0 Å². The van der Waals surface area contributed by atoms with Gasteiger partial charge in [-0.25, -0.2) is 4.52 Å². The minimum Gasteiger partial charge on any atom is -0.502 e. The predicted octanol–water partition coefficient (Wildman–Crippen LogP) is 12.5. The lowest BCUT2D eigenvalue weighted by atomic mass is 9.93. The third kappa shape index (κ3) is 6.86. The fourth-order valence-electron chi connectivity index (χ4n) is 5.65. The van der Waals surface area contributed by atoms with E-state index in [1.807, 2.05) is 121 Å². The molecule has 0 aromatic heterocycles. The number of rotatable bonds is 4. The van der Waals surface area contributed by atoms with Gasteiger partial charge in [0.2, 0.25) is 0 Å². The average Bonchev–Trinajstić information content (AvgIpc) is 3.11. The highest BCUT2D eigenvalue weighted by molar-refractivity contribution is 8.14. The lowest BCUT2D eigenvalue weighted by molar-refractivity contribution is -0.0291. The lowest BCUT2D eigenvalue weighted by Crippen LogP contribution is -2.43. The molecule has 10 nitrogen and oxygen atoms in total.